The van der Waals surface area contributed by atoms with Crippen molar-refractivity contribution < 1.29 is 22.8 Å². The highest BCUT2D eigenvalue weighted by atomic mass is 31.2. The van der Waals surface area contributed by atoms with Crippen LogP contribution in [-0.4, -0.2) is 24.7 Å². The van der Waals surface area contributed by atoms with Crippen LogP contribution in [0.15, 0.2) is 24.3 Å². The first-order valence-corrected chi connectivity index (χ1v) is 7.68. The van der Waals surface area contributed by atoms with Gasteiger partial charge in [-0.15, -0.1) is 0 Å². The summed E-state index contributed by atoms with van der Waals surface area (Å²) in [5, 5.41) is 9.11. The number of benzene rings is 1. The minimum absolute atomic E-state index is 0.0139. The van der Waals surface area contributed by atoms with Crippen molar-refractivity contribution >= 4 is 13.4 Å². The van der Waals surface area contributed by atoms with E-state index in [-0.39, 0.29) is 18.8 Å². The van der Waals surface area contributed by atoms with Gasteiger partial charge in [-0.1, -0.05) is 12.1 Å². The molecule has 20 heavy (non-hydrogen) atoms. The summed E-state index contributed by atoms with van der Waals surface area (Å²) in [6.45, 7) is 3.15. The van der Waals surface area contributed by atoms with Gasteiger partial charge in [-0.05, 0) is 26.0 Å². The summed E-state index contributed by atoms with van der Waals surface area (Å²) in [6.07, 6.45) is 0. The van der Waals surface area contributed by atoms with Crippen LogP contribution in [-0.2, 0) is 13.6 Å². The van der Waals surface area contributed by atoms with E-state index >= 15 is 0 Å². The number of rotatable bonds is 7. The molecule has 0 unspecified atom stereocenters. The van der Waals surface area contributed by atoms with E-state index in [4.69, 9.17) is 14.3 Å². The standard InChI is InChI=1S/C13H15FNO4P/c1-3-18-20(17,19-4-2)12(9-15)13(16)10-7-5-6-8-11(10)14/h5-8,12H,3-4H2,1-2H3/t12-/m0/s1. The van der Waals surface area contributed by atoms with E-state index in [0.29, 0.717) is 0 Å². The first kappa shape index (κ1) is 16.5. The molecule has 0 saturated carbocycles. The summed E-state index contributed by atoms with van der Waals surface area (Å²) < 4.78 is 36.0. The van der Waals surface area contributed by atoms with Crippen molar-refractivity contribution in [1.82, 2.24) is 0 Å². The van der Waals surface area contributed by atoms with Gasteiger partial charge >= 0.3 is 7.60 Å². The van der Waals surface area contributed by atoms with Gasteiger partial charge in [0.25, 0.3) is 0 Å². The zero-order valence-corrected chi connectivity index (χ0v) is 12.1. The molecule has 0 radical (unpaired) electrons. The second-order valence-electron chi connectivity index (χ2n) is 3.75. The van der Waals surface area contributed by atoms with Gasteiger partial charge in [0.2, 0.25) is 5.66 Å². The number of carbonyl (C=O) groups is 1. The van der Waals surface area contributed by atoms with Gasteiger partial charge in [-0.3, -0.25) is 9.36 Å². The van der Waals surface area contributed by atoms with Crippen LogP contribution < -0.4 is 0 Å². The zero-order chi connectivity index (χ0) is 15.2. The fourth-order valence-electron chi connectivity index (χ4n) is 1.63. The van der Waals surface area contributed by atoms with Gasteiger partial charge in [0.1, 0.15) is 5.82 Å². The molecule has 1 rings (SSSR count). The molecule has 0 aromatic heterocycles. The average molecular weight is 299 g/mol. The van der Waals surface area contributed by atoms with E-state index in [1.807, 2.05) is 0 Å². The Morgan fingerprint density at radius 2 is 1.90 bits per heavy atom. The normalized spacial score (nSPS) is 12.7. The molecule has 0 aliphatic rings. The second-order valence-corrected chi connectivity index (χ2v) is 5.86. The molecule has 0 amide bonds. The number of carbonyl (C=O) groups excluding carboxylic acids is 1. The first-order chi connectivity index (χ1) is 9.50. The van der Waals surface area contributed by atoms with E-state index in [9.17, 15) is 13.8 Å². The molecule has 1 aromatic carbocycles. The number of halogens is 1. The molecule has 7 heteroatoms. The van der Waals surface area contributed by atoms with Gasteiger partial charge < -0.3 is 9.05 Å². The topological polar surface area (TPSA) is 76.4 Å². The van der Waals surface area contributed by atoms with E-state index < -0.39 is 24.9 Å². The molecule has 0 fully saturated rings. The minimum Gasteiger partial charge on any atom is -0.308 e. The van der Waals surface area contributed by atoms with Crippen LogP contribution in [0.25, 0.3) is 0 Å². The molecule has 0 heterocycles. The molecule has 0 saturated heterocycles. The highest BCUT2D eigenvalue weighted by Crippen LogP contribution is 2.53. The Kier molecular flexibility index (Phi) is 6.03. The van der Waals surface area contributed by atoms with Crippen molar-refractivity contribution in [3.8, 4) is 6.07 Å². The lowest BCUT2D eigenvalue weighted by Gasteiger charge is -2.20. The van der Waals surface area contributed by atoms with Crippen LogP contribution in [0, 0.1) is 17.1 Å². The number of nitrogens with zero attached hydrogens (tertiary/aromatic N) is 1. The van der Waals surface area contributed by atoms with E-state index in [2.05, 4.69) is 0 Å². The van der Waals surface area contributed by atoms with E-state index in [1.165, 1.54) is 18.2 Å². The Morgan fingerprint density at radius 3 is 2.35 bits per heavy atom. The van der Waals surface area contributed by atoms with Crippen molar-refractivity contribution in [1.29, 1.82) is 5.26 Å². The summed E-state index contributed by atoms with van der Waals surface area (Å²) in [4.78, 5) is 12.2. The van der Waals surface area contributed by atoms with Crippen LogP contribution in [0.2, 0.25) is 0 Å². The number of hydrogen-bond donors (Lipinski definition) is 0. The molecule has 0 bridgehead atoms. The smallest absolute Gasteiger partial charge is 0.308 e. The van der Waals surface area contributed by atoms with Crippen molar-refractivity contribution in [3.63, 3.8) is 0 Å². The Balaban J connectivity index is 3.19. The quantitative estimate of drug-likeness (QED) is 0.571. The molecule has 1 atom stereocenters. The summed E-state index contributed by atoms with van der Waals surface area (Å²) in [5.74, 6) is -1.69. The molecule has 0 aliphatic carbocycles. The fourth-order valence-corrected chi connectivity index (χ4v) is 3.29. The molecular weight excluding hydrogens is 284 g/mol. The van der Waals surface area contributed by atoms with Crippen LogP contribution >= 0.6 is 7.60 Å². The van der Waals surface area contributed by atoms with Crippen LogP contribution in [0.4, 0.5) is 4.39 Å². The minimum atomic E-state index is -3.95. The summed E-state index contributed by atoms with van der Waals surface area (Å²) in [5.41, 5.74) is -1.99. The number of hydrogen-bond acceptors (Lipinski definition) is 5. The maximum atomic E-state index is 13.6. The first-order valence-electron chi connectivity index (χ1n) is 6.07. The SMILES string of the molecule is CCOP(=O)(OCC)[C@@H](C#N)C(=O)c1ccccc1F. The second kappa shape index (κ2) is 7.30. The molecule has 0 aliphatic heterocycles. The predicted octanol–water partition coefficient (Wildman–Crippen LogP) is 3.17. The maximum Gasteiger partial charge on any atom is 0.355 e. The molecule has 1 aromatic rings. The van der Waals surface area contributed by atoms with Crippen molar-refractivity contribution in [2.45, 2.75) is 19.5 Å². The average Bonchev–Trinajstić information content (AvgIpc) is 2.40. The van der Waals surface area contributed by atoms with E-state index in [1.54, 1.807) is 19.9 Å². The van der Waals surface area contributed by atoms with Crippen LogP contribution in [0.5, 0.6) is 0 Å². The molecule has 108 valence electrons. The summed E-state index contributed by atoms with van der Waals surface area (Å²) in [6, 6.07) is 6.80. The van der Waals surface area contributed by atoms with Crippen molar-refractivity contribution in [2.24, 2.45) is 0 Å². The Labute approximate surface area is 116 Å². The summed E-state index contributed by atoms with van der Waals surface area (Å²) >= 11 is 0. The highest BCUT2D eigenvalue weighted by molar-refractivity contribution is 7.56. The number of ketones is 1. The Morgan fingerprint density at radius 1 is 1.35 bits per heavy atom. The lowest BCUT2D eigenvalue weighted by Crippen LogP contribution is -2.23. The predicted molar refractivity (Wildman–Crippen MR) is 71.0 cm³/mol. The third-order valence-electron chi connectivity index (χ3n) is 2.44. The third-order valence-corrected chi connectivity index (χ3v) is 4.66. The van der Waals surface area contributed by atoms with Crippen molar-refractivity contribution in [3.05, 3.63) is 35.6 Å². The van der Waals surface area contributed by atoms with Gasteiger partial charge in [0, 0.05) is 0 Å². The molecule has 5 nitrogen and oxygen atoms in total. The lowest BCUT2D eigenvalue weighted by atomic mass is 10.1. The zero-order valence-electron chi connectivity index (χ0n) is 11.2. The maximum absolute atomic E-state index is 13.6. The van der Waals surface area contributed by atoms with Crippen molar-refractivity contribution in [2.75, 3.05) is 13.2 Å². The molecule has 0 spiro atoms. The third kappa shape index (κ3) is 3.51. The highest BCUT2D eigenvalue weighted by Gasteiger charge is 2.42. The fraction of sp³-hybridized carbons (Fsp3) is 0.385. The molecular formula is C13H15FNO4P. The Hall–Kier alpha value is -1.54. The largest absolute Gasteiger partial charge is 0.355 e. The van der Waals surface area contributed by atoms with E-state index in [0.717, 1.165) is 6.07 Å². The summed E-state index contributed by atoms with van der Waals surface area (Å²) in [7, 11) is -3.95. The molecule has 0 N–H and O–H groups in total. The monoisotopic (exact) mass is 299 g/mol. The van der Waals surface area contributed by atoms with Gasteiger partial charge in [0.15, 0.2) is 5.78 Å². The lowest BCUT2D eigenvalue weighted by molar-refractivity contribution is 0.0981. The van der Waals surface area contributed by atoms with Gasteiger partial charge in [-0.25, -0.2) is 4.39 Å². The number of Topliss-reactive ketones (excluding diaryl/α,β-unsaturated/α-hetero) is 1. The number of nitriles is 1. The van der Waals surface area contributed by atoms with Gasteiger partial charge in [0.05, 0.1) is 24.8 Å². The van der Waals surface area contributed by atoms with Crippen LogP contribution in [0.1, 0.15) is 24.2 Å². The van der Waals surface area contributed by atoms with Crippen LogP contribution in [0.3, 0.4) is 0 Å². The Bertz CT molecular complexity index is 560. The van der Waals surface area contributed by atoms with Gasteiger partial charge in [-0.2, -0.15) is 5.26 Å².